The van der Waals surface area contributed by atoms with Gasteiger partial charge in [0.15, 0.2) is 5.78 Å². The van der Waals surface area contributed by atoms with Crippen LogP contribution in [0.15, 0.2) is 23.9 Å². The third-order valence-corrected chi connectivity index (χ3v) is 2.19. The lowest BCUT2D eigenvalue weighted by Crippen LogP contribution is -2.37. The highest BCUT2D eigenvalue weighted by atomic mass is 16.5. The fourth-order valence-corrected chi connectivity index (χ4v) is 1.29. The first-order valence-corrected chi connectivity index (χ1v) is 3.90. The van der Waals surface area contributed by atoms with E-state index < -0.39 is 5.60 Å². The maximum atomic E-state index is 10.9. The van der Waals surface area contributed by atoms with Crippen LogP contribution in [0.25, 0.3) is 0 Å². The summed E-state index contributed by atoms with van der Waals surface area (Å²) in [6, 6.07) is 0. The SMILES string of the molecule is CCC1(OC)C=CC(=O)C=C1N. The van der Waals surface area contributed by atoms with E-state index in [4.69, 9.17) is 10.5 Å². The van der Waals surface area contributed by atoms with Crippen LogP contribution < -0.4 is 5.73 Å². The van der Waals surface area contributed by atoms with Gasteiger partial charge in [0, 0.05) is 18.9 Å². The van der Waals surface area contributed by atoms with Crippen molar-refractivity contribution in [3.05, 3.63) is 23.9 Å². The molecular formula is C9H13NO2. The standard InChI is InChI=1S/C9H13NO2/c1-3-9(12-2)5-4-7(11)6-8(9)10/h4-6H,3,10H2,1-2H3. The third-order valence-electron chi connectivity index (χ3n) is 2.19. The molecule has 0 spiro atoms. The van der Waals surface area contributed by atoms with E-state index in [0.29, 0.717) is 5.70 Å². The molecule has 1 aliphatic carbocycles. The second-order valence-corrected chi connectivity index (χ2v) is 2.78. The van der Waals surface area contributed by atoms with Gasteiger partial charge in [0.05, 0.1) is 0 Å². The number of methoxy groups -OCH3 is 1. The second kappa shape index (κ2) is 3.11. The number of nitrogens with two attached hydrogens (primary N) is 1. The summed E-state index contributed by atoms with van der Waals surface area (Å²) in [5.41, 5.74) is 5.61. The maximum Gasteiger partial charge on any atom is 0.180 e. The molecule has 1 atom stereocenters. The predicted octanol–water partition coefficient (Wildman–Crippen LogP) is 0.763. The number of ether oxygens (including phenoxy) is 1. The van der Waals surface area contributed by atoms with E-state index in [0.717, 1.165) is 6.42 Å². The summed E-state index contributed by atoms with van der Waals surface area (Å²) in [7, 11) is 1.59. The average molecular weight is 167 g/mol. The van der Waals surface area contributed by atoms with Crippen molar-refractivity contribution in [2.24, 2.45) is 5.73 Å². The minimum atomic E-state index is -0.562. The van der Waals surface area contributed by atoms with E-state index >= 15 is 0 Å². The molecule has 0 saturated heterocycles. The summed E-state index contributed by atoms with van der Waals surface area (Å²) in [6.07, 6.45) is 5.34. The van der Waals surface area contributed by atoms with Crippen molar-refractivity contribution < 1.29 is 9.53 Å². The van der Waals surface area contributed by atoms with Crippen molar-refractivity contribution >= 4 is 5.78 Å². The molecule has 3 heteroatoms. The fraction of sp³-hybridized carbons (Fsp3) is 0.444. The molecule has 66 valence electrons. The lowest BCUT2D eigenvalue weighted by atomic mass is 9.91. The summed E-state index contributed by atoms with van der Waals surface area (Å²) < 4.78 is 5.26. The van der Waals surface area contributed by atoms with Crippen LogP contribution in [0.4, 0.5) is 0 Å². The van der Waals surface area contributed by atoms with E-state index in [-0.39, 0.29) is 5.78 Å². The van der Waals surface area contributed by atoms with Gasteiger partial charge in [-0.15, -0.1) is 0 Å². The maximum absolute atomic E-state index is 10.9. The van der Waals surface area contributed by atoms with E-state index in [1.807, 2.05) is 6.92 Å². The molecular weight excluding hydrogens is 154 g/mol. The molecule has 0 aromatic heterocycles. The Balaban J connectivity index is 2.99. The van der Waals surface area contributed by atoms with Crippen LogP contribution in [0.3, 0.4) is 0 Å². The molecule has 2 N–H and O–H groups in total. The highest BCUT2D eigenvalue weighted by molar-refractivity contribution is 6.01. The molecule has 0 amide bonds. The average Bonchev–Trinajstić information content (AvgIpc) is 2.06. The Kier molecular flexibility index (Phi) is 2.33. The zero-order chi connectivity index (χ0) is 9.19. The van der Waals surface area contributed by atoms with Crippen molar-refractivity contribution in [3.8, 4) is 0 Å². The van der Waals surface area contributed by atoms with E-state index in [9.17, 15) is 4.79 Å². The molecule has 12 heavy (non-hydrogen) atoms. The molecule has 0 saturated carbocycles. The van der Waals surface area contributed by atoms with Crippen LogP contribution in [-0.4, -0.2) is 18.5 Å². The van der Waals surface area contributed by atoms with Gasteiger partial charge < -0.3 is 10.5 Å². The van der Waals surface area contributed by atoms with Gasteiger partial charge in [-0.2, -0.15) is 0 Å². The van der Waals surface area contributed by atoms with Gasteiger partial charge >= 0.3 is 0 Å². The summed E-state index contributed by atoms with van der Waals surface area (Å²) in [6.45, 7) is 1.96. The molecule has 0 aliphatic heterocycles. The molecule has 1 rings (SSSR count). The molecule has 0 heterocycles. The number of allylic oxidation sites excluding steroid dienone is 2. The predicted molar refractivity (Wildman–Crippen MR) is 46.4 cm³/mol. The molecule has 0 bridgehead atoms. The normalized spacial score (nSPS) is 28.8. The first kappa shape index (κ1) is 9.00. The highest BCUT2D eigenvalue weighted by Crippen LogP contribution is 2.25. The number of ketones is 1. The van der Waals surface area contributed by atoms with Gasteiger partial charge in [0.1, 0.15) is 5.60 Å². The van der Waals surface area contributed by atoms with Crippen molar-refractivity contribution in [3.63, 3.8) is 0 Å². The minimum Gasteiger partial charge on any atom is -0.399 e. The summed E-state index contributed by atoms with van der Waals surface area (Å²) in [5.74, 6) is -0.0753. The number of rotatable bonds is 2. The van der Waals surface area contributed by atoms with E-state index in [2.05, 4.69) is 0 Å². The van der Waals surface area contributed by atoms with Crippen LogP contribution >= 0.6 is 0 Å². The molecule has 1 unspecified atom stereocenters. The summed E-state index contributed by atoms with van der Waals surface area (Å²) in [5, 5.41) is 0. The lowest BCUT2D eigenvalue weighted by Gasteiger charge is -2.30. The first-order valence-electron chi connectivity index (χ1n) is 3.90. The molecule has 0 radical (unpaired) electrons. The fourth-order valence-electron chi connectivity index (χ4n) is 1.29. The zero-order valence-corrected chi connectivity index (χ0v) is 7.33. The topological polar surface area (TPSA) is 52.3 Å². The largest absolute Gasteiger partial charge is 0.399 e. The lowest BCUT2D eigenvalue weighted by molar-refractivity contribution is -0.111. The van der Waals surface area contributed by atoms with Crippen molar-refractivity contribution in [1.29, 1.82) is 0 Å². The Morgan fingerprint density at radius 1 is 1.67 bits per heavy atom. The van der Waals surface area contributed by atoms with E-state index in [1.54, 1.807) is 13.2 Å². The van der Waals surface area contributed by atoms with Gasteiger partial charge in [-0.25, -0.2) is 0 Å². The van der Waals surface area contributed by atoms with Crippen molar-refractivity contribution in [2.45, 2.75) is 18.9 Å². The molecule has 0 fully saturated rings. The van der Waals surface area contributed by atoms with Gasteiger partial charge in [-0.05, 0) is 18.6 Å². The molecule has 0 aromatic carbocycles. The van der Waals surface area contributed by atoms with E-state index in [1.165, 1.54) is 12.2 Å². The van der Waals surface area contributed by atoms with Crippen molar-refractivity contribution in [1.82, 2.24) is 0 Å². The number of hydrogen-bond acceptors (Lipinski definition) is 3. The summed E-state index contributed by atoms with van der Waals surface area (Å²) in [4.78, 5) is 10.9. The first-order chi connectivity index (χ1) is 5.64. The van der Waals surface area contributed by atoms with Crippen LogP contribution in [-0.2, 0) is 9.53 Å². The monoisotopic (exact) mass is 167 g/mol. The molecule has 3 nitrogen and oxygen atoms in total. The third kappa shape index (κ3) is 1.28. The Morgan fingerprint density at radius 3 is 2.75 bits per heavy atom. The van der Waals surface area contributed by atoms with Crippen LogP contribution in [0.1, 0.15) is 13.3 Å². The van der Waals surface area contributed by atoms with Crippen LogP contribution in [0.2, 0.25) is 0 Å². The Morgan fingerprint density at radius 2 is 2.33 bits per heavy atom. The number of hydrogen-bond donors (Lipinski definition) is 1. The smallest absolute Gasteiger partial charge is 0.180 e. The second-order valence-electron chi connectivity index (χ2n) is 2.78. The van der Waals surface area contributed by atoms with Gasteiger partial charge in [0.25, 0.3) is 0 Å². The molecule has 0 aromatic rings. The Hall–Kier alpha value is -1.09. The molecule has 1 aliphatic rings. The van der Waals surface area contributed by atoms with Gasteiger partial charge in [-0.1, -0.05) is 6.92 Å². The number of carbonyl (C=O) groups excluding carboxylic acids is 1. The van der Waals surface area contributed by atoms with Crippen LogP contribution in [0, 0.1) is 0 Å². The number of carbonyl (C=O) groups is 1. The summed E-state index contributed by atoms with van der Waals surface area (Å²) >= 11 is 0. The minimum absolute atomic E-state index is 0.0753. The highest BCUT2D eigenvalue weighted by Gasteiger charge is 2.30. The quantitative estimate of drug-likeness (QED) is 0.660. The Labute approximate surface area is 71.9 Å². The van der Waals surface area contributed by atoms with Crippen LogP contribution in [0.5, 0.6) is 0 Å². The van der Waals surface area contributed by atoms with Gasteiger partial charge in [0.2, 0.25) is 0 Å². The van der Waals surface area contributed by atoms with Gasteiger partial charge in [-0.3, -0.25) is 4.79 Å². The Bertz CT molecular complexity index is 249. The van der Waals surface area contributed by atoms with Crippen molar-refractivity contribution in [2.75, 3.05) is 7.11 Å². The zero-order valence-electron chi connectivity index (χ0n) is 7.33.